The second kappa shape index (κ2) is 7.33. The number of hydrogen-bond acceptors (Lipinski definition) is 6. The second-order valence-electron chi connectivity index (χ2n) is 4.65. The lowest BCUT2D eigenvalue weighted by Gasteiger charge is -2.11. The maximum absolute atomic E-state index is 6.22. The van der Waals surface area contributed by atoms with Crippen molar-refractivity contribution in [3.63, 3.8) is 0 Å². The summed E-state index contributed by atoms with van der Waals surface area (Å²) >= 11 is 9.29. The van der Waals surface area contributed by atoms with Crippen LogP contribution in [-0.2, 0) is 5.75 Å². The van der Waals surface area contributed by atoms with Crippen molar-refractivity contribution in [2.24, 2.45) is 0 Å². The first kappa shape index (κ1) is 16.3. The fourth-order valence-electron chi connectivity index (χ4n) is 2.04. The zero-order valence-corrected chi connectivity index (χ0v) is 15.1. The summed E-state index contributed by atoms with van der Waals surface area (Å²) in [6, 6.07) is 5.87. The number of imidazole rings is 1. The predicted molar refractivity (Wildman–Crippen MR) is 94.0 cm³/mol. The fourth-order valence-corrected chi connectivity index (χ4v) is 3.91. The summed E-state index contributed by atoms with van der Waals surface area (Å²) in [7, 11) is 0. The highest BCUT2D eigenvalue weighted by Crippen LogP contribution is 2.29. The van der Waals surface area contributed by atoms with Gasteiger partial charge in [0.25, 0.3) is 5.19 Å². The van der Waals surface area contributed by atoms with Gasteiger partial charge in [0.05, 0.1) is 18.0 Å². The zero-order valence-electron chi connectivity index (χ0n) is 12.7. The van der Waals surface area contributed by atoms with E-state index < -0.39 is 0 Å². The highest BCUT2D eigenvalue weighted by Gasteiger charge is 2.12. The van der Waals surface area contributed by atoms with Gasteiger partial charge in [-0.15, -0.1) is 10.2 Å². The minimum atomic E-state index is 0.597. The second-order valence-corrected chi connectivity index (χ2v) is 7.02. The van der Waals surface area contributed by atoms with Crippen LogP contribution in [0.3, 0.4) is 0 Å². The van der Waals surface area contributed by atoms with Gasteiger partial charge in [-0.1, -0.05) is 40.8 Å². The molecule has 0 atom stereocenters. The van der Waals surface area contributed by atoms with Crippen molar-refractivity contribution in [2.75, 3.05) is 6.61 Å². The Labute approximate surface area is 147 Å². The Kier molecular flexibility index (Phi) is 5.20. The smallest absolute Gasteiger partial charge is 0.294 e. The molecule has 5 nitrogen and oxygen atoms in total. The molecule has 2 aromatic heterocycles. The van der Waals surface area contributed by atoms with E-state index in [1.807, 2.05) is 42.8 Å². The minimum Gasteiger partial charge on any atom is -0.469 e. The molecule has 0 bridgehead atoms. The molecule has 0 spiro atoms. The third-order valence-corrected chi connectivity index (χ3v) is 5.55. The molecule has 1 aromatic carbocycles. The van der Waals surface area contributed by atoms with E-state index in [0.29, 0.717) is 17.6 Å². The van der Waals surface area contributed by atoms with E-state index in [9.17, 15) is 0 Å². The molecular formula is C15H15ClN4OS2. The lowest BCUT2D eigenvalue weighted by atomic mass is 10.2. The molecule has 0 aliphatic heterocycles. The molecule has 3 aromatic rings. The van der Waals surface area contributed by atoms with E-state index in [1.54, 1.807) is 18.0 Å². The summed E-state index contributed by atoms with van der Waals surface area (Å²) in [6.07, 6.45) is 3.72. The average Bonchev–Trinajstić information content (AvgIpc) is 3.17. The van der Waals surface area contributed by atoms with Crippen molar-refractivity contribution in [3.8, 4) is 10.9 Å². The number of aromatic nitrogens is 4. The third kappa shape index (κ3) is 3.68. The van der Waals surface area contributed by atoms with Crippen LogP contribution in [0, 0.1) is 6.92 Å². The summed E-state index contributed by atoms with van der Waals surface area (Å²) in [5.41, 5.74) is 2.06. The maximum atomic E-state index is 6.22. The third-order valence-electron chi connectivity index (χ3n) is 3.15. The van der Waals surface area contributed by atoms with E-state index in [4.69, 9.17) is 16.3 Å². The van der Waals surface area contributed by atoms with Gasteiger partial charge in [0.15, 0.2) is 5.16 Å². The van der Waals surface area contributed by atoms with Gasteiger partial charge in [-0.3, -0.25) is 4.57 Å². The Morgan fingerprint density at radius 1 is 1.35 bits per heavy atom. The largest absolute Gasteiger partial charge is 0.469 e. The molecule has 0 saturated carbocycles. The number of rotatable bonds is 6. The van der Waals surface area contributed by atoms with Crippen molar-refractivity contribution >= 4 is 34.7 Å². The summed E-state index contributed by atoms with van der Waals surface area (Å²) < 4.78 is 7.38. The first-order valence-electron chi connectivity index (χ1n) is 7.06. The molecular weight excluding hydrogens is 352 g/mol. The molecule has 0 fully saturated rings. The molecule has 0 saturated heterocycles. The SMILES string of the molecule is CCOc1nnc(CSc2nccn2-c2cccc(Cl)c2C)s1. The van der Waals surface area contributed by atoms with Gasteiger partial charge in [0.2, 0.25) is 0 Å². The Balaban J connectivity index is 1.77. The van der Waals surface area contributed by atoms with Crippen LogP contribution < -0.4 is 4.74 Å². The van der Waals surface area contributed by atoms with E-state index in [2.05, 4.69) is 15.2 Å². The van der Waals surface area contributed by atoms with Crippen molar-refractivity contribution in [2.45, 2.75) is 24.8 Å². The maximum Gasteiger partial charge on any atom is 0.294 e. The number of benzene rings is 1. The van der Waals surface area contributed by atoms with Crippen LogP contribution in [0.5, 0.6) is 5.19 Å². The van der Waals surface area contributed by atoms with Crippen molar-refractivity contribution in [1.29, 1.82) is 0 Å². The van der Waals surface area contributed by atoms with Crippen LogP contribution in [0.1, 0.15) is 17.5 Å². The summed E-state index contributed by atoms with van der Waals surface area (Å²) in [4.78, 5) is 4.43. The predicted octanol–water partition coefficient (Wildman–Crippen LogP) is 4.38. The van der Waals surface area contributed by atoms with Gasteiger partial charge in [0, 0.05) is 17.4 Å². The summed E-state index contributed by atoms with van der Waals surface area (Å²) in [5.74, 6) is 0.696. The fraction of sp³-hybridized carbons (Fsp3) is 0.267. The first-order valence-corrected chi connectivity index (χ1v) is 9.24. The first-order chi connectivity index (χ1) is 11.2. The highest BCUT2D eigenvalue weighted by molar-refractivity contribution is 7.98. The zero-order chi connectivity index (χ0) is 16.2. The molecule has 0 amide bonds. The highest BCUT2D eigenvalue weighted by atomic mass is 35.5. The van der Waals surface area contributed by atoms with Gasteiger partial charge in [-0.2, -0.15) is 0 Å². The van der Waals surface area contributed by atoms with Gasteiger partial charge in [0.1, 0.15) is 5.01 Å². The van der Waals surface area contributed by atoms with Crippen molar-refractivity contribution < 1.29 is 4.74 Å². The number of halogens is 1. The van der Waals surface area contributed by atoms with Crippen molar-refractivity contribution in [3.05, 3.63) is 46.2 Å². The number of ether oxygens (including phenoxy) is 1. The molecule has 0 N–H and O–H groups in total. The van der Waals surface area contributed by atoms with Gasteiger partial charge in [-0.25, -0.2) is 4.98 Å². The topological polar surface area (TPSA) is 52.8 Å². The lowest BCUT2D eigenvalue weighted by molar-refractivity contribution is 0.335. The number of nitrogens with zero attached hydrogens (tertiary/aromatic N) is 4. The molecule has 2 heterocycles. The van der Waals surface area contributed by atoms with Gasteiger partial charge >= 0.3 is 0 Å². The van der Waals surface area contributed by atoms with E-state index >= 15 is 0 Å². The molecule has 120 valence electrons. The summed E-state index contributed by atoms with van der Waals surface area (Å²) in [5, 5.41) is 11.3. The monoisotopic (exact) mass is 366 g/mol. The quantitative estimate of drug-likeness (QED) is 0.606. The normalized spacial score (nSPS) is 10.9. The van der Waals surface area contributed by atoms with Crippen LogP contribution in [0.2, 0.25) is 5.02 Å². The molecule has 0 aliphatic carbocycles. The van der Waals surface area contributed by atoms with Crippen LogP contribution >= 0.6 is 34.7 Å². The lowest BCUT2D eigenvalue weighted by Crippen LogP contribution is -1.98. The van der Waals surface area contributed by atoms with E-state index in [-0.39, 0.29) is 0 Å². The summed E-state index contributed by atoms with van der Waals surface area (Å²) in [6.45, 7) is 4.53. The molecule has 0 unspecified atom stereocenters. The standard InChI is InChI=1S/C15H15ClN4OS2/c1-3-21-15-19-18-13(23-15)9-22-14-17-7-8-20(14)12-6-4-5-11(16)10(12)2/h4-8H,3,9H2,1-2H3. The molecule has 8 heteroatoms. The van der Waals surface area contributed by atoms with Gasteiger partial charge < -0.3 is 4.74 Å². The van der Waals surface area contributed by atoms with E-state index in [0.717, 1.165) is 26.4 Å². The Morgan fingerprint density at radius 2 is 2.22 bits per heavy atom. The van der Waals surface area contributed by atoms with E-state index in [1.165, 1.54) is 11.3 Å². The Morgan fingerprint density at radius 3 is 3.04 bits per heavy atom. The number of thioether (sulfide) groups is 1. The van der Waals surface area contributed by atoms with Crippen LogP contribution in [0.4, 0.5) is 0 Å². The van der Waals surface area contributed by atoms with Crippen LogP contribution in [-0.4, -0.2) is 26.4 Å². The molecule has 3 rings (SSSR count). The minimum absolute atomic E-state index is 0.597. The average molecular weight is 367 g/mol. The van der Waals surface area contributed by atoms with Gasteiger partial charge in [-0.05, 0) is 31.5 Å². The molecule has 23 heavy (non-hydrogen) atoms. The Hall–Kier alpha value is -1.57. The molecule has 0 aliphatic rings. The van der Waals surface area contributed by atoms with Crippen LogP contribution in [0.25, 0.3) is 5.69 Å². The Bertz CT molecular complexity index is 802. The van der Waals surface area contributed by atoms with Crippen molar-refractivity contribution in [1.82, 2.24) is 19.7 Å². The molecule has 0 radical (unpaired) electrons. The van der Waals surface area contributed by atoms with Crippen LogP contribution in [0.15, 0.2) is 35.7 Å². The number of hydrogen-bond donors (Lipinski definition) is 0.